The lowest BCUT2D eigenvalue weighted by atomic mass is 9.89. The van der Waals surface area contributed by atoms with Crippen LogP contribution in [-0.2, 0) is 4.79 Å². The number of aromatic nitrogens is 2. The lowest BCUT2D eigenvalue weighted by molar-refractivity contribution is -0.120. The summed E-state index contributed by atoms with van der Waals surface area (Å²) in [6, 6.07) is 14.6. The van der Waals surface area contributed by atoms with Crippen molar-refractivity contribution in [1.29, 1.82) is 0 Å². The van der Waals surface area contributed by atoms with E-state index in [0.717, 1.165) is 6.54 Å². The molecule has 6 nitrogen and oxygen atoms in total. The van der Waals surface area contributed by atoms with Crippen LogP contribution in [0.4, 0.5) is 0 Å². The minimum absolute atomic E-state index is 0.0276. The van der Waals surface area contributed by atoms with Crippen molar-refractivity contribution in [3.8, 4) is 11.4 Å². The number of rotatable bonds is 7. The smallest absolute Gasteiger partial charge is 0.266 e. The third-order valence-electron chi connectivity index (χ3n) is 6.00. The van der Waals surface area contributed by atoms with Gasteiger partial charge < -0.3 is 10.1 Å². The van der Waals surface area contributed by atoms with E-state index in [-0.39, 0.29) is 16.7 Å². The summed E-state index contributed by atoms with van der Waals surface area (Å²) < 4.78 is 6.92. The second kappa shape index (κ2) is 10.2. The minimum Gasteiger partial charge on any atom is -0.497 e. The maximum atomic E-state index is 13.4. The summed E-state index contributed by atoms with van der Waals surface area (Å²) in [5.41, 5.74) is 1.11. The molecule has 32 heavy (non-hydrogen) atoms. The van der Waals surface area contributed by atoms with Gasteiger partial charge in [-0.05, 0) is 49.9 Å². The standard InChI is InChI=1S/C25H29N3O3S/c1-17(23(29)26-16-18-9-4-3-5-10-18)32-25-27-22-14-7-6-13-21(22)24(30)28(25)19-11-8-12-20(15-19)31-2/h6-8,11-15,17-18H,3-5,9-10,16H2,1-2H3,(H,26,29)/t17-/m0/s1. The van der Waals surface area contributed by atoms with Crippen LogP contribution in [0.3, 0.4) is 0 Å². The number of benzene rings is 2. The molecular weight excluding hydrogens is 422 g/mol. The maximum Gasteiger partial charge on any atom is 0.266 e. The van der Waals surface area contributed by atoms with Gasteiger partial charge in [0, 0.05) is 12.6 Å². The molecule has 168 valence electrons. The van der Waals surface area contributed by atoms with Crippen LogP contribution in [0.1, 0.15) is 39.0 Å². The fourth-order valence-electron chi connectivity index (χ4n) is 4.16. The van der Waals surface area contributed by atoms with Crippen molar-refractivity contribution in [2.75, 3.05) is 13.7 Å². The second-order valence-electron chi connectivity index (χ2n) is 8.26. The Morgan fingerprint density at radius 2 is 1.97 bits per heavy atom. The summed E-state index contributed by atoms with van der Waals surface area (Å²) in [6.07, 6.45) is 6.16. The lowest BCUT2D eigenvalue weighted by Crippen LogP contribution is -2.35. The van der Waals surface area contributed by atoms with Gasteiger partial charge in [-0.2, -0.15) is 0 Å². The Morgan fingerprint density at radius 1 is 1.19 bits per heavy atom. The Bertz CT molecular complexity index is 1150. The molecule has 1 aromatic heterocycles. The van der Waals surface area contributed by atoms with Gasteiger partial charge in [0.15, 0.2) is 5.16 Å². The van der Waals surface area contributed by atoms with Crippen molar-refractivity contribution in [2.45, 2.75) is 49.4 Å². The third-order valence-corrected chi connectivity index (χ3v) is 7.05. The van der Waals surface area contributed by atoms with Crippen LogP contribution in [0.5, 0.6) is 5.75 Å². The van der Waals surface area contributed by atoms with Crippen LogP contribution < -0.4 is 15.6 Å². The summed E-state index contributed by atoms with van der Waals surface area (Å²) in [6.45, 7) is 2.58. The number of nitrogens with zero attached hydrogens (tertiary/aromatic N) is 2. The van der Waals surface area contributed by atoms with Crippen molar-refractivity contribution in [3.63, 3.8) is 0 Å². The molecule has 1 atom stereocenters. The zero-order chi connectivity index (χ0) is 22.5. The van der Waals surface area contributed by atoms with Gasteiger partial charge in [-0.25, -0.2) is 4.98 Å². The van der Waals surface area contributed by atoms with E-state index >= 15 is 0 Å². The van der Waals surface area contributed by atoms with Crippen molar-refractivity contribution in [3.05, 3.63) is 58.9 Å². The number of carbonyl (C=O) groups excluding carboxylic acids is 1. The SMILES string of the molecule is COc1cccc(-n2c(S[C@@H](C)C(=O)NCC3CCCCC3)nc3ccccc3c2=O)c1. The first-order valence-corrected chi connectivity index (χ1v) is 12.1. The molecule has 1 saturated carbocycles. The average Bonchev–Trinajstić information content (AvgIpc) is 2.83. The van der Waals surface area contributed by atoms with Gasteiger partial charge in [0.2, 0.25) is 5.91 Å². The van der Waals surface area contributed by atoms with Crippen molar-refractivity contribution < 1.29 is 9.53 Å². The molecule has 2 aromatic carbocycles. The fourth-order valence-corrected chi connectivity index (χ4v) is 5.11. The molecule has 1 N–H and O–H groups in total. The predicted molar refractivity (Wildman–Crippen MR) is 129 cm³/mol. The largest absolute Gasteiger partial charge is 0.497 e. The maximum absolute atomic E-state index is 13.4. The van der Waals surface area contributed by atoms with Crippen molar-refractivity contribution in [2.24, 2.45) is 5.92 Å². The zero-order valence-corrected chi connectivity index (χ0v) is 19.4. The van der Waals surface area contributed by atoms with Gasteiger partial charge >= 0.3 is 0 Å². The van der Waals surface area contributed by atoms with Gasteiger partial charge in [0.25, 0.3) is 5.56 Å². The van der Waals surface area contributed by atoms with E-state index in [1.165, 1.54) is 43.9 Å². The molecule has 1 heterocycles. The normalized spacial score (nSPS) is 15.4. The van der Waals surface area contributed by atoms with E-state index < -0.39 is 0 Å². The molecule has 7 heteroatoms. The molecule has 1 amide bonds. The van der Waals surface area contributed by atoms with Crippen LogP contribution in [-0.4, -0.2) is 34.4 Å². The summed E-state index contributed by atoms with van der Waals surface area (Å²) in [7, 11) is 1.59. The molecular formula is C25H29N3O3S. The van der Waals surface area contributed by atoms with Crippen molar-refractivity contribution >= 4 is 28.6 Å². The van der Waals surface area contributed by atoms with Crippen LogP contribution in [0.25, 0.3) is 16.6 Å². The molecule has 0 aliphatic heterocycles. The highest BCUT2D eigenvalue weighted by molar-refractivity contribution is 8.00. The highest BCUT2D eigenvalue weighted by Crippen LogP contribution is 2.27. The van der Waals surface area contributed by atoms with Crippen LogP contribution in [0, 0.1) is 5.92 Å². The van der Waals surface area contributed by atoms with Crippen LogP contribution >= 0.6 is 11.8 Å². The molecule has 1 fully saturated rings. The Balaban J connectivity index is 1.63. The molecule has 0 saturated heterocycles. The number of amides is 1. The third kappa shape index (κ3) is 4.99. The van der Waals surface area contributed by atoms with Gasteiger partial charge in [0.1, 0.15) is 5.75 Å². The first kappa shape index (κ1) is 22.4. The first-order valence-electron chi connectivity index (χ1n) is 11.2. The Hall–Kier alpha value is -2.80. The van der Waals surface area contributed by atoms with Gasteiger partial charge in [0.05, 0.1) is 29.0 Å². The number of hydrogen-bond donors (Lipinski definition) is 1. The predicted octanol–water partition coefficient (Wildman–Crippen LogP) is 4.57. The summed E-state index contributed by atoms with van der Waals surface area (Å²) in [5.74, 6) is 1.19. The average molecular weight is 452 g/mol. The number of ether oxygens (including phenoxy) is 1. The van der Waals surface area contributed by atoms with E-state index in [2.05, 4.69) is 5.32 Å². The number of nitrogens with one attached hydrogen (secondary N) is 1. The molecule has 1 aliphatic rings. The molecule has 0 radical (unpaired) electrons. The number of fused-ring (bicyclic) bond motifs is 1. The van der Waals surface area contributed by atoms with Gasteiger partial charge in [-0.3, -0.25) is 14.2 Å². The van der Waals surface area contributed by atoms with E-state index in [1.54, 1.807) is 23.8 Å². The lowest BCUT2D eigenvalue weighted by Gasteiger charge is -2.22. The molecule has 1 aliphatic carbocycles. The Kier molecular flexibility index (Phi) is 7.15. The van der Waals surface area contributed by atoms with E-state index in [9.17, 15) is 9.59 Å². The first-order chi connectivity index (χ1) is 15.6. The molecule has 4 rings (SSSR count). The topological polar surface area (TPSA) is 73.2 Å². The summed E-state index contributed by atoms with van der Waals surface area (Å²) in [5, 5.41) is 3.75. The number of thioether (sulfide) groups is 1. The van der Waals surface area contributed by atoms with Crippen LogP contribution in [0.15, 0.2) is 58.5 Å². The number of para-hydroxylation sites is 1. The Morgan fingerprint density at radius 3 is 2.75 bits per heavy atom. The molecule has 0 bridgehead atoms. The van der Waals surface area contributed by atoms with Gasteiger partial charge in [-0.15, -0.1) is 0 Å². The second-order valence-corrected chi connectivity index (χ2v) is 9.57. The monoisotopic (exact) mass is 451 g/mol. The summed E-state index contributed by atoms with van der Waals surface area (Å²) >= 11 is 1.30. The highest BCUT2D eigenvalue weighted by Gasteiger charge is 2.22. The number of hydrogen-bond acceptors (Lipinski definition) is 5. The quantitative estimate of drug-likeness (QED) is 0.421. The van der Waals surface area contributed by atoms with E-state index in [0.29, 0.717) is 33.4 Å². The summed E-state index contributed by atoms with van der Waals surface area (Å²) in [4.78, 5) is 31.0. The zero-order valence-electron chi connectivity index (χ0n) is 18.5. The van der Waals surface area contributed by atoms with E-state index in [1.807, 2.05) is 43.3 Å². The van der Waals surface area contributed by atoms with Crippen molar-refractivity contribution in [1.82, 2.24) is 14.9 Å². The fraction of sp³-hybridized carbons (Fsp3) is 0.400. The number of methoxy groups -OCH3 is 1. The van der Waals surface area contributed by atoms with Gasteiger partial charge in [-0.1, -0.05) is 49.2 Å². The van der Waals surface area contributed by atoms with E-state index in [4.69, 9.17) is 9.72 Å². The molecule has 0 spiro atoms. The van der Waals surface area contributed by atoms with Crippen LogP contribution in [0.2, 0.25) is 0 Å². The highest BCUT2D eigenvalue weighted by atomic mass is 32.2. The minimum atomic E-state index is -0.386. The molecule has 3 aromatic rings. The number of carbonyl (C=O) groups is 1. The Labute approximate surface area is 192 Å². The molecule has 0 unspecified atom stereocenters.